The van der Waals surface area contributed by atoms with Crippen molar-refractivity contribution in [2.75, 3.05) is 45.9 Å². The summed E-state index contributed by atoms with van der Waals surface area (Å²) in [7, 11) is 0. The summed E-state index contributed by atoms with van der Waals surface area (Å²) in [4.78, 5) is 17.1. The van der Waals surface area contributed by atoms with Gasteiger partial charge in [0.25, 0.3) is 5.91 Å². The van der Waals surface area contributed by atoms with Crippen LogP contribution in [0.15, 0.2) is 18.2 Å². The maximum Gasteiger partial charge on any atom is 0.254 e. The van der Waals surface area contributed by atoms with Crippen LogP contribution in [0.25, 0.3) is 0 Å². The number of ether oxygens (including phenoxy) is 2. The Morgan fingerprint density at radius 1 is 1.04 bits per heavy atom. The highest BCUT2D eigenvalue weighted by Crippen LogP contribution is 2.29. The number of piperazine rings is 1. The lowest BCUT2D eigenvalue weighted by atomic mass is 10.1. The number of hydrogen-bond acceptors (Lipinski definition) is 4. The summed E-state index contributed by atoms with van der Waals surface area (Å²) in [6.07, 6.45) is 0. The lowest BCUT2D eigenvalue weighted by Gasteiger charge is -2.35. The van der Waals surface area contributed by atoms with E-state index in [1.807, 2.05) is 30.9 Å². The Balaban J connectivity index is 2.03. The van der Waals surface area contributed by atoms with Crippen LogP contribution in [0.5, 0.6) is 11.5 Å². The molecule has 1 heterocycles. The first-order chi connectivity index (χ1) is 11.5. The first-order valence-electron chi connectivity index (χ1n) is 8.96. The summed E-state index contributed by atoms with van der Waals surface area (Å²) in [5.74, 6) is 2.07. The van der Waals surface area contributed by atoms with Gasteiger partial charge in [-0.15, -0.1) is 0 Å². The quantitative estimate of drug-likeness (QED) is 0.769. The molecule has 0 saturated carbocycles. The van der Waals surface area contributed by atoms with Gasteiger partial charge in [0.1, 0.15) is 0 Å². The van der Waals surface area contributed by atoms with E-state index >= 15 is 0 Å². The van der Waals surface area contributed by atoms with Crippen molar-refractivity contribution in [3.63, 3.8) is 0 Å². The molecular weight excluding hydrogens is 304 g/mol. The zero-order valence-electron chi connectivity index (χ0n) is 15.4. The summed E-state index contributed by atoms with van der Waals surface area (Å²) in [5, 5.41) is 0. The molecule has 1 aliphatic heterocycles. The Kier molecular flexibility index (Phi) is 6.91. The van der Waals surface area contributed by atoms with Crippen molar-refractivity contribution in [1.29, 1.82) is 0 Å². The van der Waals surface area contributed by atoms with E-state index in [-0.39, 0.29) is 5.91 Å². The smallest absolute Gasteiger partial charge is 0.254 e. The minimum absolute atomic E-state index is 0.0724. The molecule has 0 bridgehead atoms. The van der Waals surface area contributed by atoms with E-state index < -0.39 is 0 Å². The van der Waals surface area contributed by atoms with Gasteiger partial charge in [-0.3, -0.25) is 9.69 Å². The molecule has 1 aliphatic rings. The van der Waals surface area contributed by atoms with Gasteiger partial charge in [0, 0.05) is 38.3 Å². The van der Waals surface area contributed by atoms with E-state index in [4.69, 9.17) is 9.47 Å². The average Bonchev–Trinajstić information content (AvgIpc) is 2.56. The van der Waals surface area contributed by atoms with Crippen molar-refractivity contribution >= 4 is 5.91 Å². The third-order valence-electron chi connectivity index (χ3n) is 4.07. The van der Waals surface area contributed by atoms with E-state index in [0.29, 0.717) is 36.2 Å². The van der Waals surface area contributed by atoms with E-state index in [1.165, 1.54) is 0 Å². The summed E-state index contributed by atoms with van der Waals surface area (Å²) >= 11 is 0. The predicted molar refractivity (Wildman–Crippen MR) is 96.0 cm³/mol. The van der Waals surface area contributed by atoms with Crippen molar-refractivity contribution in [1.82, 2.24) is 9.80 Å². The Morgan fingerprint density at radius 3 is 2.25 bits per heavy atom. The molecule has 2 rings (SSSR count). The van der Waals surface area contributed by atoms with Crippen LogP contribution in [0.1, 0.15) is 38.1 Å². The van der Waals surface area contributed by atoms with Crippen molar-refractivity contribution in [2.24, 2.45) is 5.92 Å². The Hall–Kier alpha value is -1.75. The summed E-state index contributed by atoms with van der Waals surface area (Å²) in [5.41, 5.74) is 0.666. The third-order valence-corrected chi connectivity index (χ3v) is 4.07. The van der Waals surface area contributed by atoms with Crippen molar-refractivity contribution < 1.29 is 14.3 Å². The van der Waals surface area contributed by atoms with Gasteiger partial charge >= 0.3 is 0 Å². The van der Waals surface area contributed by atoms with Gasteiger partial charge < -0.3 is 14.4 Å². The number of rotatable bonds is 7. The second-order valence-electron chi connectivity index (χ2n) is 6.51. The highest BCUT2D eigenvalue weighted by molar-refractivity contribution is 5.95. The van der Waals surface area contributed by atoms with Gasteiger partial charge in [0.15, 0.2) is 11.5 Å². The van der Waals surface area contributed by atoms with Gasteiger partial charge in [-0.2, -0.15) is 0 Å². The Labute approximate surface area is 145 Å². The number of hydrogen-bond donors (Lipinski definition) is 0. The standard InChI is InChI=1S/C19H30N2O3/c1-5-23-17-8-7-16(13-18(17)24-6-2)19(22)21-11-9-20(10-12-21)14-15(3)4/h7-8,13,15H,5-6,9-12,14H2,1-4H3. The van der Waals surface area contributed by atoms with Gasteiger partial charge in [-0.05, 0) is 38.0 Å². The normalized spacial score (nSPS) is 15.6. The SMILES string of the molecule is CCOc1ccc(C(=O)N2CCN(CC(C)C)CC2)cc1OCC. The molecule has 1 fully saturated rings. The molecular formula is C19H30N2O3. The van der Waals surface area contributed by atoms with E-state index in [2.05, 4.69) is 18.7 Å². The largest absolute Gasteiger partial charge is 0.490 e. The molecule has 1 saturated heterocycles. The summed E-state index contributed by atoms with van der Waals surface area (Å²) in [6, 6.07) is 5.46. The first kappa shape index (κ1) is 18.6. The summed E-state index contributed by atoms with van der Waals surface area (Å²) < 4.78 is 11.2. The molecule has 134 valence electrons. The fourth-order valence-corrected chi connectivity index (χ4v) is 3.02. The van der Waals surface area contributed by atoms with Crippen molar-refractivity contribution in [2.45, 2.75) is 27.7 Å². The molecule has 1 amide bonds. The highest BCUT2D eigenvalue weighted by atomic mass is 16.5. The molecule has 1 aromatic rings. The van der Waals surface area contributed by atoms with E-state index in [1.54, 1.807) is 6.07 Å². The molecule has 5 nitrogen and oxygen atoms in total. The molecule has 0 unspecified atom stereocenters. The van der Waals surface area contributed by atoms with Crippen LogP contribution in [-0.2, 0) is 0 Å². The predicted octanol–water partition coefficient (Wildman–Crippen LogP) is 2.90. The van der Waals surface area contributed by atoms with Gasteiger partial charge in [-0.1, -0.05) is 13.8 Å². The van der Waals surface area contributed by atoms with Crippen LogP contribution in [0.2, 0.25) is 0 Å². The maximum absolute atomic E-state index is 12.8. The van der Waals surface area contributed by atoms with Gasteiger partial charge in [0.05, 0.1) is 13.2 Å². The van der Waals surface area contributed by atoms with Crippen molar-refractivity contribution in [3.05, 3.63) is 23.8 Å². The maximum atomic E-state index is 12.8. The van der Waals surface area contributed by atoms with Crippen LogP contribution >= 0.6 is 0 Å². The zero-order valence-corrected chi connectivity index (χ0v) is 15.4. The Morgan fingerprint density at radius 2 is 1.67 bits per heavy atom. The summed E-state index contributed by atoms with van der Waals surface area (Å²) in [6.45, 7) is 14.0. The fourth-order valence-electron chi connectivity index (χ4n) is 3.02. The van der Waals surface area contributed by atoms with Crippen LogP contribution < -0.4 is 9.47 Å². The molecule has 0 aromatic heterocycles. The molecule has 0 aliphatic carbocycles. The average molecular weight is 334 g/mol. The first-order valence-corrected chi connectivity index (χ1v) is 8.96. The third kappa shape index (κ3) is 4.87. The Bertz CT molecular complexity index is 537. The van der Waals surface area contributed by atoms with Crippen LogP contribution in [-0.4, -0.2) is 61.6 Å². The van der Waals surface area contributed by atoms with Gasteiger partial charge in [-0.25, -0.2) is 0 Å². The zero-order chi connectivity index (χ0) is 17.5. The van der Waals surface area contributed by atoms with Crippen LogP contribution in [0, 0.1) is 5.92 Å². The van der Waals surface area contributed by atoms with E-state index in [9.17, 15) is 4.79 Å². The van der Waals surface area contributed by atoms with Crippen LogP contribution in [0.3, 0.4) is 0 Å². The van der Waals surface area contributed by atoms with Crippen LogP contribution in [0.4, 0.5) is 0 Å². The number of benzene rings is 1. The number of carbonyl (C=O) groups is 1. The minimum atomic E-state index is 0.0724. The van der Waals surface area contributed by atoms with Crippen molar-refractivity contribution in [3.8, 4) is 11.5 Å². The molecule has 1 aromatic carbocycles. The number of amides is 1. The fraction of sp³-hybridized carbons (Fsp3) is 0.632. The lowest BCUT2D eigenvalue weighted by molar-refractivity contribution is 0.0623. The molecule has 0 radical (unpaired) electrons. The highest BCUT2D eigenvalue weighted by Gasteiger charge is 2.23. The monoisotopic (exact) mass is 334 g/mol. The number of nitrogens with zero attached hydrogens (tertiary/aromatic N) is 2. The molecule has 24 heavy (non-hydrogen) atoms. The lowest BCUT2D eigenvalue weighted by Crippen LogP contribution is -2.49. The molecule has 0 atom stereocenters. The minimum Gasteiger partial charge on any atom is -0.490 e. The second kappa shape index (κ2) is 8.92. The topological polar surface area (TPSA) is 42.0 Å². The van der Waals surface area contributed by atoms with E-state index in [0.717, 1.165) is 32.7 Å². The van der Waals surface area contributed by atoms with Gasteiger partial charge in [0.2, 0.25) is 0 Å². The second-order valence-corrected chi connectivity index (χ2v) is 6.51. The number of carbonyl (C=O) groups excluding carboxylic acids is 1. The molecule has 0 N–H and O–H groups in total. The molecule has 0 spiro atoms. The molecule has 5 heteroatoms.